The lowest BCUT2D eigenvalue weighted by molar-refractivity contribution is -0.152. The Balaban J connectivity index is 2.84. The largest absolute Gasteiger partial charge is 0.468 e. The van der Waals surface area contributed by atoms with Gasteiger partial charge < -0.3 is 15.4 Å². The van der Waals surface area contributed by atoms with Crippen molar-refractivity contribution in [3.8, 4) is 0 Å². The highest BCUT2D eigenvalue weighted by Gasteiger charge is 2.43. The third-order valence-electron chi connectivity index (χ3n) is 3.82. The van der Waals surface area contributed by atoms with Crippen molar-refractivity contribution in [1.29, 1.82) is 0 Å². The molecular weight excluding hydrogens is 232 g/mol. The summed E-state index contributed by atoms with van der Waals surface area (Å²) in [6, 6.07) is -0.0272. The second kappa shape index (κ2) is 6.18. The number of nitrogens with zero attached hydrogens (tertiary/aromatic N) is 1. The van der Waals surface area contributed by atoms with Crippen molar-refractivity contribution in [3.63, 3.8) is 0 Å². The minimum atomic E-state index is -0.460. The van der Waals surface area contributed by atoms with E-state index in [1.165, 1.54) is 7.11 Å². The van der Waals surface area contributed by atoms with Crippen molar-refractivity contribution in [2.75, 3.05) is 20.2 Å². The van der Waals surface area contributed by atoms with E-state index in [0.717, 1.165) is 25.7 Å². The number of carbonyl (C=O) groups excluding carboxylic acids is 2. The van der Waals surface area contributed by atoms with E-state index < -0.39 is 5.41 Å². The van der Waals surface area contributed by atoms with Crippen molar-refractivity contribution in [1.82, 2.24) is 4.90 Å². The number of rotatable bonds is 5. The van der Waals surface area contributed by atoms with Crippen LogP contribution in [0.4, 0.5) is 0 Å². The van der Waals surface area contributed by atoms with Gasteiger partial charge in [0, 0.05) is 12.6 Å². The molecule has 1 aliphatic carbocycles. The van der Waals surface area contributed by atoms with Gasteiger partial charge in [-0.15, -0.1) is 0 Å². The number of methoxy groups -OCH3 is 1. The molecule has 0 unspecified atom stereocenters. The maximum Gasteiger partial charge on any atom is 0.325 e. The average molecular weight is 256 g/mol. The quantitative estimate of drug-likeness (QED) is 0.742. The van der Waals surface area contributed by atoms with E-state index in [1.807, 2.05) is 13.8 Å². The second-order valence-electron chi connectivity index (χ2n) is 5.29. The Bertz CT molecular complexity index is 309. The van der Waals surface area contributed by atoms with Crippen molar-refractivity contribution >= 4 is 11.9 Å². The summed E-state index contributed by atoms with van der Waals surface area (Å²) in [5.41, 5.74) is 5.35. The van der Waals surface area contributed by atoms with E-state index >= 15 is 0 Å². The maximum atomic E-state index is 12.6. The zero-order chi connectivity index (χ0) is 13.8. The fourth-order valence-corrected chi connectivity index (χ4v) is 2.55. The smallest absolute Gasteiger partial charge is 0.325 e. The summed E-state index contributed by atoms with van der Waals surface area (Å²) in [5, 5.41) is 0. The van der Waals surface area contributed by atoms with Crippen LogP contribution in [0.5, 0.6) is 0 Å². The molecule has 0 radical (unpaired) electrons. The second-order valence-corrected chi connectivity index (χ2v) is 5.29. The first-order valence-electron chi connectivity index (χ1n) is 6.55. The van der Waals surface area contributed by atoms with Crippen LogP contribution < -0.4 is 5.73 Å². The van der Waals surface area contributed by atoms with Gasteiger partial charge in [-0.1, -0.05) is 12.8 Å². The normalized spacial score (nSPS) is 17.8. The Kier molecular flexibility index (Phi) is 5.14. The lowest BCUT2D eigenvalue weighted by atomic mass is 9.84. The van der Waals surface area contributed by atoms with Gasteiger partial charge in [-0.2, -0.15) is 0 Å². The molecule has 0 aromatic carbocycles. The van der Waals surface area contributed by atoms with Gasteiger partial charge in [-0.25, -0.2) is 0 Å². The molecule has 0 atom stereocenters. The molecule has 104 valence electrons. The van der Waals surface area contributed by atoms with Crippen LogP contribution in [0.1, 0.15) is 39.5 Å². The molecular formula is C13H24N2O3. The fraction of sp³-hybridized carbons (Fsp3) is 0.846. The first-order chi connectivity index (χ1) is 8.46. The maximum absolute atomic E-state index is 12.6. The van der Waals surface area contributed by atoms with Gasteiger partial charge in [0.2, 0.25) is 5.91 Å². The molecule has 0 bridgehead atoms. The van der Waals surface area contributed by atoms with Gasteiger partial charge in [0.25, 0.3) is 0 Å². The topological polar surface area (TPSA) is 72.6 Å². The summed E-state index contributed by atoms with van der Waals surface area (Å²) in [7, 11) is 1.33. The molecule has 5 heteroatoms. The van der Waals surface area contributed by atoms with E-state index in [4.69, 9.17) is 5.73 Å². The standard InChI is InChI=1S/C13H24N2O3/c1-10(2)15(8-11(16)18-3)12(17)13(9-14)6-4-5-7-13/h10H,4-9,14H2,1-3H3. The number of carbonyl (C=O) groups is 2. The molecule has 1 amide bonds. The Morgan fingerprint density at radius 3 is 2.28 bits per heavy atom. The van der Waals surface area contributed by atoms with Crippen molar-refractivity contribution in [2.24, 2.45) is 11.1 Å². The molecule has 2 N–H and O–H groups in total. The lowest BCUT2D eigenvalue weighted by Gasteiger charge is -2.35. The zero-order valence-corrected chi connectivity index (χ0v) is 11.6. The molecule has 1 saturated carbocycles. The molecule has 0 aliphatic heterocycles. The van der Waals surface area contributed by atoms with Crippen molar-refractivity contribution < 1.29 is 14.3 Å². The summed E-state index contributed by atoms with van der Waals surface area (Å²) in [4.78, 5) is 25.6. The van der Waals surface area contributed by atoms with Crippen molar-refractivity contribution in [2.45, 2.75) is 45.6 Å². The van der Waals surface area contributed by atoms with E-state index in [2.05, 4.69) is 4.74 Å². The summed E-state index contributed by atoms with van der Waals surface area (Å²) >= 11 is 0. The Morgan fingerprint density at radius 2 is 1.89 bits per heavy atom. The van der Waals surface area contributed by atoms with Crippen LogP contribution in [0.3, 0.4) is 0 Å². The Morgan fingerprint density at radius 1 is 1.33 bits per heavy atom. The minimum absolute atomic E-state index is 0.00269. The predicted octanol–water partition coefficient (Wildman–Crippen LogP) is 0.915. The molecule has 1 fully saturated rings. The van der Waals surface area contributed by atoms with E-state index in [9.17, 15) is 9.59 Å². The summed E-state index contributed by atoms with van der Waals surface area (Å²) < 4.78 is 4.65. The number of hydrogen-bond acceptors (Lipinski definition) is 4. The third-order valence-corrected chi connectivity index (χ3v) is 3.82. The highest BCUT2D eigenvalue weighted by molar-refractivity contribution is 5.87. The lowest BCUT2D eigenvalue weighted by Crippen LogP contribution is -2.51. The van der Waals surface area contributed by atoms with Gasteiger partial charge in [0.15, 0.2) is 0 Å². The Labute approximate surface area is 109 Å². The highest BCUT2D eigenvalue weighted by atomic mass is 16.5. The predicted molar refractivity (Wildman–Crippen MR) is 68.8 cm³/mol. The SMILES string of the molecule is COC(=O)CN(C(=O)C1(CN)CCCC1)C(C)C. The number of ether oxygens (including phenoxy) is 1. The van der Waals surface area contributed by atoms with Crippen molar-refractivity contribution in [3.05, 3.63) is 0 Å². The monoisotopic (exact) mass is 256 g/mol. The van der Waals surface area contributed by atoms with Gasteiger partial charge in [0.05, 0.1) is 12.5 Å². The fourth-order valence-electron chi connectivity index (χ4n) is 2.55. The van der Waals surface area contributed by atoms with Gasteiger partial charge >= 0.3 is 5.97 Å². The van der Waals surface area contributed by atoms with Gasteiger partial charge in [0.1, 0.15) is 6.54 Å². The third kappa shape index (κ3) is 3.02. The van der Waals surface area contributed by atoms with E-state index in [0.29, 0.717) is 6.54 Å². The summed E-state index contributed by atoms with van der Waals surface area (Å²) in [5.74, 6) is -0.384. The number of amides is 1. The van der Waals surface area contributed by atoms with Crippen LogP contribution in [0.15, 0.2) is 0 Å². The summed E-state index contributed by atoms with van der Waals surface area (Å²) in [6.45, 7) is 4.17. The average Bonchev–Trinajstić information content (AvgIpc) is 2.84. The highest BCUT2D eigenvalue weighted by Crippen LogP contribution is 2.39. The molecule has 18 heavy (non-hydrogen) atoms. The zero-order valence-electron chi connectivity index (χ0n) is 11.6. The first kappa shape index (κ1) is 15.0. The number of nitrogens with two attached hydrogens (primary N) is 1. The number of hydrogen-bond donors (Lipinski definition) is 1. The Hall–Kier alpha value is -1.10. The first-order valence-corrected chi connectivity index (χ1v) is 6.55. The molecule has 0 heterocycles. The molecule has 0 spiro atoms. The van der Waals surface area contributed by atoms with Crippen LogP contribution in [0.2, 0.25) is 0 Å². The molecule has 5 nitrogen and oxygen atoms in total. The minimum Gasteiger partial charge on any atom is -0.468 e. The van der Waals surface area contributed by atoms with Gasteiger partial charge in [-0.3, -0.25) is 9.59 Å². The molecule has 0 saturated heterocycles. The van der Waals surface area contributed by atoms with Crippen LogP contribution >= 0.6 is 0 Å². The van der Waals surface area contributed by atoms with E-state index in [-0.39, 0.29) is 24.5 Å². The summed E-state index contributed by atoms with van der Waals surface area (Å²) in [6.07, 6.45) is 3.72. The molecule has 0 aromatic heterocycles. The molecule has 1 aliphatic rings. The molecule has 0 aromatic rings. The molecule has 1 rings (SSSR count). The van der Waals surface area contributed by atoms with E-state index in [1.54, 1.807) is 4.90 Å². The van der Waals surface area contributed by atoms with Crippen LogP contribution in [0.25, 0.3) is 0 Å². The van der Waals surface area contributed by atoms with Crippen LogP contribution in [0, 0.1) is 5.41 Å². The van der Waals surface area contributed by atoms with Gasteiger partial charge in [-0.05, 0) is 26.7 Å². The number of esters is 1. The van der Waals surface area contributed by atoms with Crippen LogP contribution in [-0.2, 0) is 14.3 Å². The van der Waals surface area contributed by atoms with Crippen LogP contribution in [-0.4, -0.2) is 43.0 Å².